The summed E-state index contributed by atoms with van der Waals surface area (Å²) in [4.78, 5) is 38.7. The van der Waals surface area contributed by atoms with Crippen molar-refractivity contribution in [3.05, 3.63) is 37.4 Å². The van der Waals surface area contributed by atoms with Crippen LogP contribution in [0.1, 0.15) is 52.6 Å². The second kappa shape index (κ2) is 8.33. The lowest BCUT2D eigenvalue weighted by molar-refractivity contribution is 0.0449. The first-order valence-corrected chi connectivity index (χ1v) is 9.47. The van der Waals surface area contributed by atoms with Crippen molar-refractivity contribution in [3.63, 3.8) is 0 Å². The van der Waals surface area contributed by atoms with Gasteiger partial charge in [0, 0.05) is 22.4 Å². The Morgan fingerprint density at radius 2 is 1.85 bits per heavy atom. The van der Waals surface area contributed by atoms with Gasteiger partial charge < -0.3 is 20.5 Å². The van der Waals surface area contributed by atoms with Gasteiger partial charge in [0.15, 0.2) is 0 Å². The molecule has 2 rings (SSSR count). The van der Waals surface area contributed by atoms with Gasteiger partial charge in [0.1, 0.15) is 22.0 Å². The van der Waals surface area contributed by atoms with E-state index in [0.29, 0.717) is 5.56 Å². The zero-order valence-electron chi connectivity index (χ0n) is 14.9. The number of aryl methyl sites for hydroxylation is 2. The molecule has 0 aliphatic heterocycles. The number of ether oxygens (including phenoxy) is 2. The molecule has 9 heteroatoms. The van der Waals surface area contributed by atoms with Crippen LogP contribution in [-0.2, 0) is 16.1 Å². The third-order valence-corrected chi connectivity index (χ3v) is 5.58. The van der Waals surface area contributed by atoms with E-state index in [4.69, 9.17) is 15.2 Å². The Bertz CT molecular complexity index is 854. The maximum absolute atomic E-state index is 12.4. The number of carbonyl (C=O) groups is 3. The fraction of sp³-hybridized carbons (Fsp3) is 0.353. The van der Waals surface area contributed by atoms with Crippen LogP contribution in [0.5, 0.6) is 0 Å². The third-order valence-electron chi connectivity index (χ3n) is 3.56. The highest BCUT2D eigenvalue weighted by atomic mass is 32.1. The molecule has 2 heterocycles. The minimum absolute atomic E-state index is 0.0708. The van der Waals surface area contributed by atoms with E-state index in [0.717, 1.165) is 21.1 Å². The van der Waals surface area contributed by atoms with E-state index >= 15 is 0 Å². The highest BCUT2D eigenvalue weighted by Gasteiger charge is 2.27. The Hall–Kier alpha value is -2.39. The van der Waals surface area contributed by atoms with Gasteiger partial charge in [0.05, 0.1) is 12.2 Å². The summed E-state index contributed by atoms with van der Waals surface area (Å²) in [6.45, 7) is 5.31. The normalized spacial score (nSPS) is 10.5. The monoisotopic (exact) mass is 396 g/mol. The standard InChI is InChI=1S/C17H20N2O5S2/c1-5-23-17(22)12-11(13(15(20)19-4)26-14(12)18)7-24-16(21)10-6-8(2)25-9(10)3/h6H,5,7,18H2,1-4H3,(H,19,20). The average molecular weight is 396 g/mol. The predicted octanol–water partition coefficient (Wildman–Crippen LogP) is 2.90. The average Bonchev–Trinajstić information content (AvgIpc) is 3.10. The summed E-state index contributed by atoms with van der Waals surface area (Å²) in [5.41, 5.74) is 6.70. The van der Waals surface area contributed by atoms with Gasteiger partial charge in [-0.3, -0.25) is 4.79 Å². The number of carbonyl (C=O) groups excluding carboxylic acids is 3. The molecule has 0 saturated carbocycles. The Kier molecular flexibility index (Phi) is 6.38. The van der Waals surface area contributed by atoms with Crippen molar-refractivity contribution >= 4 is 45.5 Å². The van der Waals surface area contributed by atoms with E-state index in [-0.39, 0.29) is 34.2 Å². The van der Waals surface area contributed by atoms with E-state index in [1.807, 2.05) is 13.8 Å². The lowest BCUT2D eigenvalue weighted by Gasteiger charge is -2.08. The molecule has 0 unspecified atom stereocenters. The number of rotatable bonds is 6. The van der Waals surface area contributed by atoms with Gasteiger partial charge in [-0.15, -0.1) is 22.7 Å². The number of amides is 1. The number of esters is 2. The van der Waals surface area contributed by atoms with Gasteiger partial charge in [-0.2, -0.15) is 0 Å². The van der Waals surface area contributed by atoms with Crippen LogP contribution in [0.15, 0.2) is 6.07 Å². The van der Waals surface area contributed by atoms with Crippen LogP contribution in [0.3, 0.4) is 0 Å². The zero-order valence-corrected chi connectivity index (χ0v) is 16.6. The fourth-order valence-corrected chi connectivity index (χ4v) is 4.31. The largest absolute Gasteiger partial charge is 0.462 e. The summed E-state index contributed by atoms with van der Waals surface area (Å²) in [5.74, 6) is -1.58. The first kappa shape index (κ1) is 19.9. The van der Waals surface area contributed by atoms with Gasteiger partial charge in [-0.1, -0.05) is 0 Å². The molecule has 26 heavy (non-hydrogen) atoms. The molecule has 2 aromatic heterocycles. The first-order chi connectivity index (χ1) is 12.3. The highest BCUT2D eigenvalue weighted by molar-refractivity contribution is 7.18. The van der Waals surface area contributed by atoms with Crippen LogP contribution in [0, 0.1) is 13.8 Å². The van der Waals surface area contributed by atoms with Gasteiger partial charge in [0.2, 0.25) is 0 Å². The van der Waals surface area contributed by atoms with Crippen LogP contribution in [0.25, 0.3) is 0 Å². The van der Waals surface area contributed by atoms with Crippen molar-refractivity contribution in [2.24, 2.45) is 0 Å². The molecular formula is C17H20N2O5S2. The zero-order chi connectivity index (χ0) is 19.4. The predicted molar refractivity (Wildman–Crippen MR) is 101 cm³/mol. The van der Waals surface area contributed by atoms with Crippen molar-refractivity contribution < 1.29 is 23.9 Å². The summed E-state index contributed by atoms with van der Waals surface area (Å²) in [6, 6.07) is 1.75. The summed E-state index contributed by atoms with van der Waals surface area (Å²) < 4.78 is 10.4. The van der Waals surface area contributed by atoms with E-state index in [1.54, 1.807) is 13.0 Å². The Morgan fingerprint density at radius 1 is 1.15 bits per heavy atom. The fourth-order valence-electron chi connectivity index (χ4n) is 2.40. The van der Waals surface area contributed by atoms with Crippen LogP contribution in [0.2, 0.25) is 0 Å². The second-order valence-electron chi connectivity index (χ2n) is 5.35. The minimum atomic E-state index is -0.648. The third kappa shape index (κ3) is 4.05. The highest BCUT2D eigenvalue weighted by Crippen LogP contribution is 2.33. The molecule has 140 valence electrons. The Morgan fingerprint density at radius 3 is 2.38 bits per heavy atom. The van der Waals surface area contributed by atoms with Crippen LogP contribution in [0.4, 0.5) is 5.00 Å². The van der Waals surface area contributed by atoms with E-state index < -0.39 is 17.8 Å². The summed E-state index contributed by atoms with van der Waals surface area (Å²) in [6.07, 6.45) is 0. The number of hydrogen-bond donors (Lipinski definition) is 2. The van der Waals surface area contributed by atoms with Crippen LogP contribution >= 0.6 is 22.7 Å². The molecular weight excluding hydrogens is 376 g/mol. The van der Waals surface area contributed by atoms with Crippen molar-refractivity contribution in [3.8, 4) is 0 Å². The van der Waals surface area contributed by atoms with Crippen molar-refractivity contribution in [1.82, 2.24) is 5.32 Å². The maximum Gasteiger partial charge on any atom is 0.341 e. The molecule has 0 aliphatic rings. The number of nitrogens with one attached hydrogen (secondary N) is 1. The molecule has 0 aliphatic carbocycles. The lowest BCUT2D eigenvalue weighted by Crippen LogP contribution is -2.19. The Balaban J connectivity index is 2.34. The van der Waals surface area contributed by atoms with Crippen molar-refractivity contribution in [1.29, 1.82) is 0 Å². The molecule has 0 saturated heterocycles. The number of hydrogen-bond acceptors (Lipinski definition) is 8. The smallest absolute Gasteiger partial charge is 0.341 e. The molecule has 0 fully saturated rings. The van der Waals surface area contributed by atoms with Crippen molar-refractivity contribution in [2.75, 3.05) is 19.4 Å². The van der Waals surface area contributed by atoms with Crippen LogP contribution in [-0.4, -0.2) is 31.5 Å². The van der Waals surface area contributed by atoms with E-state index in [1.165, 1.54) is 18.4 Å². The van der Waals surface area contributed by atoms with Gasteiger partial charge in [-0.25, -0.2) is 9.59 Å². The molecule has 0 aromatic carbocycles. The summed E-state index contributed by atoms with van der Waals surface area (Å²) in [5, 5.41) is 2.64. The molecule has 3 N–H and O–H groups in total. The lowest BCUT2D eigenvalue weighted by atomic mass is 10.1. The van der Waals surface area contributed by atoms with Crippen molar-refractivity contribution in [2.45, 2.75) is 27.4 Å². The second-order valence-corrected chi connectivity index (χ2v) is 7.86. The van der Waals surface area contributed by atoms with Gasteiger partial charge in [0.25, 0.3) is 5.91 Å². The van der Waals surface area contributed by atoms with E-state index in [2.05, 4.69) is 5.32 Å². The molecule has 2 aromatic rings. The number of nitrogen functional groups attached to an aromatic ring is 1. The molecule has 1 amide bonds. The first-order valence-electron chi connectivity index (χ1n) is 7.84. The van der Waals surface area contributed by atoms with E-state index in [9.17, 15) is 14.4 Å². The van der Waals surface area contributed by atoms with Gasteiger partial charge >= 0.3 is 11.9 Å². The number of thiophene rings is 2. The van der Waals surface area contributed by atoms with Crippen LogP contribution < -0.4 is 11.1 Å². The SMILES string of the molecule is CCOC(=O)c1c(N)sc(C(=O)NC)c1COC(=O)c1cc(C)sc1C. The number of nitrogens with two attached hydrogens (primary N) is 1. The topological polar surface area (TPSA) is 108 Å². The summed E-state index contributed by atoms with van der Waals surface area (Å²) >= 11 is 2.45. The Labute approximate surface area is 159 Å². The molecule has 0 bridgehead atoms. The maximum atomic E-state index is 12.4. The molecule has 0 atom stereocenters. The molecule has 7 nitrogen and oxygen atoms in total. The quantitative estimate of drug-likeness (QED) is 0.727. The molecule has 0 spiro atoms. The number of anilines is 1. The molecule has 0 radical (unpaired) electrons. The summed E-state index contributed by atoms with van der Waals surface area (Å²) in [7, 11) is 1.47. The van der Waals surface area contributed by atoms with Gasteiger partial charge in [-0.05, 0) is 26.8 Å². The minimum Gasteiger partial charge on any atom is -0.462 e.